The SMILES string of the molecule is O=C(NCC1CC1C(=O)NC[C@H]1CCCC[C@H]1C(=O)O)OCC1c2ccccc2-c2ccccc21. The maximum atomic E-state index is 12.5. The normalized spacial score (nSPS) is 24.7. The maximum absolute atomic E-state index is 12.5. The van der Waals surface area contributed by atoms with Crippen molar-refractivity contribution in [1.29, 1.82) is 0 Å². The van der Waals surface area contributed by atoms with Gasteiger partial charge >= 0.3 is 12.1 Å². The van der Waals surface area contributed by atoms with Crippen LogP contribution in [0.25, 0.3) is 11.1 Å². The van der Waals surface area contributed by atoms with Gasteiger partial charge in [0.25, 0.3) is 0 Å². The van der Waals surface area contributed by atoms with E-state index in [0.29, 0.717) is 19.5 Å². The van der Waals surface area contributed by atoms with E-state index in [1.807, 2.05) is 24.3 Å². The van der Waals surface area contributed by atoms with Crippen molar-refractivity contribution in [1.82, 2.24) is 10.6 Å². The standard InChI is InChI=1S/C28H32N2O5/c31-26(29-14-17-7-1-2-8-19(17)27(32)33)24-13-18(24)15-30-28(34)35-16-25-22-11-5-3-9-20(22)21-10-4-6-12-23(21)25/h3-6,9-12,17-19,24-25H,1-2,7-8,13-16H2,(H,29,31)(H,30,34)(H,32,33)/t17-,18?,19-,24?/m1/s1. The number of carbonyl (C=O) groups excluding carboxylic acids is 2. The molecule has 7 nitrogen and oxygen atoms in total. The molecule has 2 aromatic rings. The molecule has 2 saturated carbocycles. The largest absolute Gasteiger partial charge is 0.481 e. The molecule has 184 valence electrons. The predicted octanol–water partition coefficient (Wildman–Crippen LogP) is 4.17. The van der Waals surface area contributed by atoms with Crippen LogP contribution in [-0.2, 0) is 14.3 Å². The molecule has 2 fully saturated rings. The maximum Gasteiger partial charge on any atom is 0.407 e. The predicted molar refractivity (Wildman–Crippen MR) is 131 cm³/mol. The van der Waals surface area contributed by atoms with Crippen molar-refractivity contribution in [3.63, 3.8) is 0 Å². The highest BCUT2D eigenvalue weighted by atomic mass is 16.5. The highest BCUT2D eigenvalue weighted by Gasteiger charge is 2.43. The summed E-state index contributed by atoms with van der Waals surface area (Å²) in [5.41, 5.74) is 4.71. The molecular formula is C28H32N2O5. The van der Waals surface area contributed by atoms with E-state index in [4.69, 9.17) is 4.74 Å². The molecule has 3 N–H and O–H groups in total. The molecule has 0 aliphatic heterocycles. The molecule has 0 bridgehead atoms. The van der Waals surface area contributed by atoms with E-state index in [0.717, 1.165) is 25.7 Å². The van der Waals surface area contributed by atoms with Crippen LogP contribution in [0.4, 0.5) is 4.79 Å². The molecule has 5 rings (SSSR count). The van der Waals surface area contributed by atoms with Crippen LogP contribution in [0.2, 0.25) is 0 Å². The number of fused-ring (bicyclic) bond motifs is 3. The Hall–Kier alpha value is -3.35. The Morgan fingerprint density at radius 3 is 2.14 bits per heavy atom. The number of rotatable bonds is 8. The van der Waals surface area contributed by atoms with Gasteiger partial charge in [-0.25, -0.2) is 4.79 Å². The summed E-state index contributed by atoms with van der Waals surface area (Å²) in [6.45, 7) is 1.08. The first-order chi connectivity index (χ1) is 17.0. The zero-order chi connectivity index (χ0) is 24.4. The quantitative estimate of drug-likeness (QED) is 0.531. The van der Waals surface area contributed by atoms with E-state index in [2.05, 4.69) is 34.9 Å². The molecule has 2 unspecified atom stereocenters. The van der Waals surface area contributed by atoms with Crippen molar-refractivity contribution < 1.29 is 24.2 Å². The Morgan fingerprint density at radius 1 is 0.829 bits per heavy atom. The number of hydrogen-bond acceptors (Lipinski definition) is 4. The van der Waals surface area contributed by atoms with Crippen LogP contribution in [-0.4, -0.2) is 42.8 Å². The summed E-state index contributed by atoms with van der Waals surface area (Å²) in [5, 5.41) is 15.2. The summed E-state index contributed by atoms with van der Waals surface area (Å²) in [4.78, 5) is 36.3. The fraction of sp³-hybridized carbons (Fsp3) is 0.464. The second kappa shape index (κ2) is 10.1. The van der Waals surface area contributed by atoms with Crippen LogP contribution in [0.15, 0.2) is 48.5 Å². The van der Waals surface area contributed by atoms with E-state index in [-0.39, 0.29) is 42.1 Å². The molecule has 2 amide bonds. The van der Waals surface area contributed by atoms with Crippen LogP contribution < -0.4 is 10.6 Å². The van der Waals surface area contributed by atoms with Gasteiger partial charge in [-0.3, -0.25) is 9.59 Å². The number of carboxylic acids is 1. The Morgan fingerprint density at radius 2 is 1.46 bits per heavy atom. The third-order valence-electron chi connectivity index (χ3n) is 7.88. The van der Waals surface area contributed by atoms with Gasteiger partial charge in [0.15, 0.2) is 0 Å². The summed E-state index contributed by atoms with van der Waals surface area (Å²) in [5.74, 6) is -1.19. The number of carboxylic acid groups (broad SMARTS) is 1. The Bertz CT molecular complexity index is 1070. The summed E-state index contributed by atoms with van der Waals surface area (Å²) in [6.07, 6.45) is 3.74. The van der Waals surface area contributed by atoms with Gasteiger partial charge in [0, 0.05) is 24.9 Å². The molecule has 0 radical (unpaired) electrons. The topological polar surface area (TPSA) is 105 Å². The summed E-state index contributed by atoms with van der Waals surface area (Å²) in [7, 11) is 0. The van der Waals surface area contributed by atoms with Gasteiger partial charge in [-0.2, -0.15) is 0 Å². The van der Waals surface area contributed by atoms with Gasteiger partial charge < -0.3 is 20.5 Å². The minimum absolute atomic E-state index is 0.00125. The monoisotopic (exact) mass is 476 g/mol. The summed E-state index contributed by atoms with van der Waals surface area (Å²) < 4.78 is 5.57. The molecule has 7 heteroatoms. The van der Waals surface area contributed by atoms with Gasteiger partial charge in [-0.15, -0.1) is 0 Å². The van der Waals surface area contributed by atoms with Gasteiger partial charge in [0.1, 0.15) is 6.61 Å². The third kappa shape index (κ3) is 5.04. The third-order valence-corrected chi connectivity index (χ3v) is 7.88. The molecule has 0 heterocycles. The van der Waals surface area contributed by atoms with Crippen LogP contribution in [0.1, 0.15) is 49.1 Å². The van der Waals surface area contributed by atoms with Gasteiger partial charge in [0.05, 0.1) is 5.92 Å². The van der Waals surface area contributed by atoms with Crippen LogP contribution in [0.5, 0.6) is 0 Å². The Balaban J connectivity index is 1.05. The van der Waals surface area contributed by atoms with Crippen molar-refractivity contribution in [3.05, 3.63) is 59.7 Å². The number of benzene rings is 2. The lowest BCUT2D eigenvalue weighted by Gasteiger charge is -2.28. The van der Waals surface area contributed by atoms with Crippen molar-refractivity contribution in [2.75, 3.05) is 19.7 Å². The second-order valence-electron chi connectivity index (χ2n) is 10.0. The van der Waals surface area contributed by atoms with E-state index >= 15 is 0 Å². The van der Waals surface area contributed by atoms with E-state index < -0.39 is 12.1 Å². The fourth-order valence-corrected chi connectivity index (χ4v) is 5.80. The van der Waals surface area contributed by atoms with Crippen LogP contribution in [0, 0.1) is 23.7 Å². The van der Waals surface area contributed by atoms with E-state index in [1.54, 1.807) is 0 Å². The molecule has 35 heavy (non-hydrogen) atoms. The lowest BCUT2D eigenvalue weighted by Crippen LogP contribution is -2.38. The fourth-order valence-electron chi connectivity index (χ4n) is 5.80. The lowest BCUT2D eigenvalue weighted by molar-refractivity contribution is -0.145. The van der Waals surface area contributed by atoms with Gasteiger partial charge in [0.2, 0.25) is 5.91 Å². The van der Waals surface area contributed by atoms with Crippen LogP contribution >= 0.6 is 0 Å². The summed E-state index contributed by atoms with van der Waals surface area (Å²) in [6, 6.07) is 16.4. The molecule has 3 aliphatic carbocycles. The van der Waals surface area contributed by atoms with Crippen molar-refractivity contribution in [2.45, 2.75) is 38.0 Å². The smallest absolute Gasteiger partial charge is 0.407 e. The number of amides is 2. The Labute approximate surface area is 205 Å². The number of hydrogen-bond donors (Lipinski definition) is 3. The van der Waals surface area contributed by atoms with Crippen molar-refractivity contribution >= 4 is 18.0 Å². The molecule has 2 aromatic carbocycles. The molecule has 3 aliphatic rings. The highest BCUT2D eigenvalue weighted by molar-refractivity contribution is 5.82. The number of aliphatic carboxylic acids is 1. The number of alkyl carbamates (subject to hydrolysis) is 1. The average Bonchev–Trinajstić information content (AvgIpc) is 3.60. The highest BCUT2D eigenvalue weighted by Crippen LogP contribution is 2.44. The van der Waals surface area contributed by atoms with Crippen LogP contribution in [0.3, 0.4) is 0 Å². The van der Waals surface area contributed by atoms with E-state index in [1.165, 1.54) is 22.3 Å². The van der Waals surface area contributed by atoms with Crippen molar-refractivity contribution in [3.8, 4) is 11.1 Å². The first kappa shape index (κ1) is 23.4. The number of ether oxygens (including phenoxy) is 1. The molecule has 4 atom stereocenters. The lowest BCUT2D eigenvalue weighted by atomic mass is 9.79. The minimum Gasteiger partial charge on any atom is -0.481 e. The number of carbonyl (C=O) groups is 3. The average molecular weight is 477 g/mol. The zero-order valence-electron chi connectivity index (χ0n) is 19.7. The molecule has 0 spiro atoms. The first-order valence-electron chi connectivity index (χ1n) is 12.6. The minimum atomic E-state index is -0.763. The molecular weight excluding hydrogens is 444 g/mol. The zero-order valence-corrected chi connectivity index (χ0v) is 19.7. The van der Waals surface area contributed by atoms with Crippen molar-refractivity contribution in [2.24, 2.45) is 23.7 Å². The summed E-state index contributed by atoms with van der Waals surface area (Å²) >= 11 is 0. The molecule has 0 saturated heterocycles. The van der Waals surface area contributed by atoms with E-state index in [9.17, 15) is 19.5 Å². The molecule has 0 aromatic heterocycles. The Kier molecular flexibility index (Phi) is 6.75. The number of nitrogens with one attached hydrogen (secondary N) is 2. The second-order valence-corrected chi connectivity index (χ2v) is 10.0. The first-order valence-corrected chi connectivity index (χ1v) is 12.6. The van der Waals surface area contributed by atoms with Gasteiger partial charge in [-0.05, 0) is 53.4 Å². The van der Waals surface area contributed by atoms with Gasteiger partial charge in [-0.1, -0.05) is 61.4 Å².